The third-order valence-electron chi connectivity index (χ3n) is 4.34. The largest absolute Gasteiger partial charge is 0.497 e. The Morgan fingerprint density at radius 3 is 2.64 bits per heavy atom. The van der Waals surface area contributed by atoms with E-state index in [4.69, 9.17) is 16.3 Å². The van der Waals surface area contributed by atoms with Gasteiger partial charge in [0.2, 0.25) is 0 Å². The van der Waals surface area contributed by atoms with Gasteiger partial charge in [0.15, 0.2) is 0 Å². The van der Waals surface area contributed by atoms with E-state index < -0.39 is 0 Å². The van der Waals surface area contributed by atoms with Crippen molar-refractivity contribution in [3.63, 3.8) is 0 Å². The summed E-state index contributed by atoms with van der Waals surface area (Å²) in [4.78, 5) is 20.7. The van der Waals surface area contributed by atoms with Gasteiger partial charge in [0.1, 0.15) is 28.6 Å². The summed E-state index contributed by atoms with van der Waals surface area (Å²) < 4.78 is 5.15. The van der Waals surface area contributed by atoms with E-state index in [0.717, 1.165) is 37.0 Å². The molecule has 0 spiro atoms. The molecule has 0 unspecified atom stereocenters. The van der Waals surface area contributed by atoms with E-state index in [1.54, 1.807) is 7.11 Å². The summed E-state index contributed by atoms with van der Waals surface area (Å²) in [6, 6.07) is 7.88. The molecule has 132 valence electrons. The van der Waals surface area contributed by atoms with Gasteiger partial charge in [-0.25, -0.2) is 9.97 Å². The highest BCUT2D eigenvalue weighted by atomic mass is 35.5. The number of aromatic nitrogens is 2. The predicted octanol–water partition coefficient (Wildman–Crippen LogP) is 3.42. The van der Waals surface area contributed by atoms with Gasteiger partial charge in [-0.05, 0) is 30.5 Å². The van der Waals surface area contributed by atoms with Crippen molar-refractivity contribution in [2.45, 2.75) is 38.3 Å². The van der Waals surface area contributed by atoms with Gasteiger partial charge in [-0.15, -0.1) is 0 Å². The Morgan fingerprint density at radius 2 is 1.96 bits per heavy atom. The number of nitrogens with zero attached hydrogens (tertiary/aromatic N) is 2. The van der Waals surface area contributed by atoms with E-state index in [2.05, 4.69) is 20.6 Å². The van der Waals surface area contributed by atoms with Gasteiger partial charge in [0.05, 0.1) is 7.11 Å². The Morgan fingerprint density at radius 1 is 1.24 bits per heavy atom. The average Bonchev–Trinajstić information content (AvgIpc) is 3.13. The van der Waals surface area contributed by atoms with Crippen LogP contribution in [0.2, 0.25) is 5.15 Å². The van der Waals surface area contributed by atoms with Gasteiger partial charge >= 0.3 is 0 Å². The molecule has 2 aromatic rings. The lowest BCUT2D eigenvalue weighted by atomic mass is 10.2. The molecule has 2 N–H and O–H groups in total. The third kappa shape index (κ3) is 4.39. The lowest BCUT2D eigenvalue weighted by Gasteiger charge is -2.15. The Bertz CT molecular complexity index is 730. The quantitative estimate of drug-likeness (QED) is 0.772. The summed E-state index contributed by atoms with van der Waals surface area (Å²) >= 11 is 6.16. The van der Waals surface area contributed by atoms with Crippen LogP contribution in [0, 0.1) is 0 Å². The molecule has 1 amide bonds. The number of halogens is 1. The lowest BCUT2D eigenvalue weighted by molar-refractivity contribution is 0.0938. The van der Waals surface area contributed by atoms with Crippen molar-refractivity contribution in [3.8, 4) is 5.75 Å². The van der Waals surface area contributed by atoms with Crippen molar-refractivity contribution in [2.75, 3.05) is 12.4 Å². The minimum atomic E-state index is -0.227. The van der Waals surface area contributed by atoms with Crippen LogP contribution in [0.5, 0.6) is 5.75 Å². The number of ether oxygens (including phenoxy) is 1. The molecule has 0 aliphatic heterocycles. The molecule has 1 aliphatic carbocycles. The first-order valence-electron chi connectivity index (χ1n) is 8.35. The number of hydrogen-bond donors (Lipinski definition) is 2. The topological polar surface area (TPSA) is 76.1 Å². The summed E-state index contributed by atoms with van der Waals surface area (Å²) in [5.74, 6) is 1.01. The van der Waals surface area contributed by atoms with Crippen LogP contribution in [0.15, 0.2) is 30.6 Å². The number of amides is 1. The summed E-state index contributed by atoms with van der Waals surface area (Å²) in [6.07, 6.45) is 5.65. The summed E-state index contributed by atoms with van der Waals surface area (Å²) in [5.41, 5.74) is 1.34. The van der Waals surface area contributed by atoms with Crippen LogP contribution in [-0.4, -0.2) is 29.0 Å². The van der Waals surface area contributed by atoms with Crippen molar-refractivity contribution in [2.24, 2.45) is 0 Å². The third-order valence-corrected chi connectivity index (χ3v) is 4.62. The average molecular weight is 361 g/mol. The maximum atomic E-state index is 12.6. The fraction of sp³-hybridized carbons (Fsp3) is 0.389. The Balaban J connectivity index is 1.71. The first kappa shape index (κ1) is 17.5. The molecule has 3 rings (SSSR count). The Hall–Kier alpha value is -2.34. The molecule has 0 atom stereocenters. The Labute approximate surface area is 152 Å². The number of nitrogens with one attached hydrogen (secondary N) is 2. The van der Waals surface area contributed by atoms with Gasteiger partial charge in [-0.1, -0.05) is 36.6 Å². The van der Waals surface area contributed by atoms with E-state index in [-0.39, 0.29) is 17.1 Å². The SMILES string of the molecule is COc1ccc(CNc2ncnc(Cl)c2C(=O)NC2CCCC2)cc1. The number of anilines is 1. The first-order valence-corrected chi connectivity index (χ1v) is 8.73. The Kier molecular flexibility index (Phi) is 5.71. The number of methoxy groups -OCH3 is 1. The molecule has 1 fully saturated rings. The summed E-state index contributed by atoms with van der Waals surface area (Å²) in [5, 5.41) is 6.36. The maximum absolute atomic E-state index is 12.6. The van der Waals surface area contributed by atoms with Crippen LogP contribution >= 0.6 is 11.6 Å². The van der Waals surface area contributed by atoms with Crippen LogP contribution in [0.25, 0.3) is 0 Å². The van der Waals surface area contributed by atoms with E-state index in [9.17, 15) is 4.79 Å². The molecule has 6 nitrogen and oxygen atoms in total. The molecule has 7 heteroatoms. The molecular weight excluding hydrogens is 340 g/mol. The normalized spacial score (nSPS) is 14.3. The number of hydrogen-bond acceptors (Lipinski definition) is 5. The number of rotatable bonds is 6. The van der Waals surface area contributed by atoms with Crippen molar-refractivity contribution in [1.82, 2.24) is 15.3 Å². The molecule has 0 saturated heterocycles. The molecule has 1 aliphatic rings. The van der Waals surface area contributed by atoms with E-state index in [1.807, 2.05) is 24.3 Å². The van der Waals surface area contributed by atoms with Crippen molar-refractivity contribution in [3.05, 3.63) is 46.9 Å². The highest BCUT2D eigenvalue weighted by molar-refractivity contribution is 6.33. The minimum Gasteiger partial charge on any atom is -0.497 e. The molecular formula is C18H21ClN4O2. The van der Waals surface area contributed by atoms with Gasteiger partial charge in [-0.2, -0.15) is 0 Å². The predicted molar refractivity (Wildman–Crippen MR) is 97.1 cm³/mol. The zero-order chi connectivity index (χ0) is 17.6. The molecule has 1 heterocycles. The summed E-state index contributed by atoms with van der Waals surface area (Å²) in [6.45, 7) is 0.515. The monoisotopic (exact) mass is 360 g/mol. The highest BCUT2D eigenvalue weighted by Crippen LogP contribution is 2.23. The number of benzene rings is 1. The first-order chi connectivity index (χ1) is 12.2. The van der Waals surface area contributed by atoms with Gasteiger partial charge in [0.25, 0.3) is 5.91 Å². The maximum Gasteiger partial charge on any atom is 0.258 e. The molecule has 0 bridgehead atoms. The van der Waals surface area contributed by atoms with Crippen LogP contribution in [0.3, 0.4) is 0 Å². The van der Waals surface area contributed by atoms with E-state index >= 15 is 0 Å². The second-order valence-electron chi connectivity index (χ2n) is 6.04. The second-order valence-corrected chi connectivity index (χ2v) is 6.40. The minimum absolute atomic E-state index is 0.155. The number of carbonyl (C=O) groups is 1. The van der Waals surface area contributed by atoms with Crippen LogP contribution in [0.4, 0.5) is 5.82 Å². The number of carbonyl (C=O) groups excluding carboxylic acids is 1. The molecule has 25 heavy (non-hydrogen) atoms. The van der Waals surface area contributed by atoms with E-state index in [0.29, 0.717) is 17.9 Å². The van der Waals surface area contributed by atoms with Crippen LogP contribution in [-0.2, 0) is 6.54 Å². The van der Waals surface area contributed by atoms with Crippen molar-refractivity contribution < 1.29 is 9.53 Å². The molecule has 1 saturated carbocycles. The second kappa shape index (κ2) is 8.16. The fourth-order valence-corrected chi connectivity index (χ4v) is 3.18. The zero-order valence-electron chi connectivity index (χ0n) is 14.1. The van der Waals surface area contributed by atoms with Crippen molar-refractivity contribution >= 4 is 23.3 Å². The standard InChI is InChI=1S/C18H21ClN4O2/c1-25-14-8-6-12(7-9-14)10-20-17-15(16(19)21-11-22-17)18(24)23-13-4-2-3-5-13/h6-9,11,13H,2-5,10H2,1H3,(H,23,24)(H,20,21,22). The smallest absolute Gasteiger partial charge is 0.258 e. The molecule has 0 radical (unpaired) electrons. The molecule has 1 aromatic heterocycles. The summed E-state index contributed by atoms with van der Waals surface area (Å²) in [7, 11) is 1.63. The highest BCUT2D eigenvalue weighted by Gasteiger charge is 2.23. The van der Waals surface area contributed by atoms with Crippen molar-refractivity contribution in [1.29, 1.82) is 0 Å². The van der Waals surface area contributed by atoms with E-state index in [1.165, 1.54) is 6.33 Å². The van der Waals surface area contributed by atoms with Gasteiger partial charge in [0, 0.05) is 12.6 Å². The lowest BCUT2D eigenvalue weighted by Crippen LogP contribution is -2.33. The van der Waals surface area contributed by atoms with Gasteiger partial charge in [-0.3, -0.25) is 4.79 Å². The van der Waals surface area contributed by atoms with Gasteiger partial charge < -0.3 is 15.4 Å². The van der Waals surface area contributed by atoms with Crippen LogP contribution in [0.1, 0.15) is 41.6 Å². The zero-order valence-corrected chi connectivity index (χ0v) is 14.8. The fourth-order valence-electron chi connectivity index (χ4n) is 2.96. The van der Waals surface area contributed by atoms with Crippen LogP contribution < -0.4 is 15.4 Å². The molecule has 1 aromatic carbocycles.